The Morgan fingerprint density at radius 3 is 2.38 bits per heavy atom. The van der Waals surface area contributed by atoms with Crippen LogP contribution >= 0.6 is 11.6 Å². The number of nitrogens with zero attached hydrogens (tertiary/aromatic N) is 2. The van der Waals surface area contributed by atoms with Crippen molar-refractivity contribution < 1.29 is 23.6 Å². The fourth-order valence-corrected chi connectivity index (χ4v) is 2.97. The standard InChI is InChI=1S/C18H8ClFN2O4/c19-13-8-12(14(20)11-6-3-7-21-15(11)13)18(25)26-22-16(23)9-4-1-2-5-10(9)17(22)24/h1-8H. The molecule has 26 heavy (non-hydrogen) atoms. The summed E-state index contributed by atoms with van der Waals surface area (Å²) in [6, 6.07) is 9.96. The van der Waals surface area contributed by atoms with E-state index in [0.29, 0.717) is 5.06 Å². The van der Waals surface area contributed by atoms with E-state index in [1.54, 1.807) is 12.1 Å². The zero-order valence-electron chi connectivity index (χ0n) is 12.9. The Kier molecular flexibility index (Phi) is 3.66. The molecule has 0 N–H and O–H groups in total. The number of hydrogen-bond acceptors (Lipinski definition) is 5. The van der Waals surface area contributed by atoms with Gasteiger partial charge in [0.05, 0.1) is 27.2 Å². The Labute approximate surface area is 150 Å². The maximum Gasteiger partial charge on any atom is 0.366 e. The predicted octanol–water partition coefficient (Wildman–Crippen LogP) is 3.40. The fraction of sp³-hybridized carbons (Fsp3) is 0. The molecule has 6 nitrogen and oxygen atoms in total. The van der Waals surface area contributed by atoms with Gasteiger partial charge in [-0.1, -0.05) is 28.8 Å². The Morgan fingerprint density at radius 2 is 1.73 bits per heavy atom. The van der Waals surface area contributed by atoms with E-state index in [1.165, 1.54) is 30.5 Å². The summed E-state index contributed by atoms with van der Waals surface area (Å²) in [4.78, 5) is 45.7. The number of carbonyl (C=O) groups is 3. The smallest absolute Gasteiger partial charge is 0.324 e. The number of pyridine rings is 1. The van der Waals surface area contributed by atoms with Crippen molar-refractivity contribution in [3.05, 3.63) is 76.2 Å². The average Bonchev–Trinajstić information content (AvgIpc) is 2.90. The van der Waals surface area contributed by atoms with Gasteiger partial charge >= 0.3 is 5.97 Å². The van der Waals surface area contributed by atoms with E-state index in [2.05, 4.69) is 4.98 Å². The number of carbonyl (C=O) groups excluding carboxylic acids is 3. The lowest BCUT2D eigenvalue weighted by molar-refractivity contribution is -0.0587. The van der Waals surface area contributed by atoms with Crippen LogP contribution in [0.3, 0.4) is 0 Å². The van der Waals surface area contributed by atoms with E-state index in [4.69, 9.17) is 16.4 Å². The van der Waals surface area contributed by atoms with Gasteiger partial charge in [-0.3, -0.25) is 14.6 Å². The highest BCUT2D eigenvalue weighted by Crippen LogP contribution is 2.29. The summed E-state index contributed by atoms with van der Waals surface area (Å²) >= 11 is 6.04. The van der Waals surface area contributed by atoms with Crippen molar-refractivity contribution in [1.82, 2.24) is 10.0 Å². The molecule has 0 aliphatic carbocycles. The first-order valence-electron chi connectivity index (χ1n) is 7.42. The number of benzene rings is 2. The van der Waals surface area contributed by atoms with Crippen molar-refractivity contribution in [1.29, 1.82) is 0 Å². The highest BCUT2D eigenvalue weighted by molar-refractivity contribution is 6.35. The van der Waals surface area contributed by atoms with Gasteiger partial charge in [-0.15, -0.1) is 0 Å². The number of rotatable bonds is 2. The summed E-state index contributed by atoms with van der Waals surface area (Å²) in [6.07, 6.45) is 1.43. The first kappa shape index (κ1) is 16.2. The van der Waals surface area contributed by atoms with Gasteiger partial charge in [0, 0.05) is 11.6 Å². The third kappa shape index (κ3) is 2.33. The minimum atomic E-state index is -1.22. The Balaban J connectivity index is 1.70. The van der Waals surface area contributed by atoms with Crippen LogP contribution in [0.2, 0.25) is 5.02 Å². The number of amides is 2. The lowest BCUT2D eigenvalue weighted by Gasteiger charge is -2.13. The van der Waals surface area contributed by atoms with Gasteiger partial charge in [-0.25, -0.2) is 9.18 Å². The second-order valence-electron chi connectivity index (χ2n) is 5.45. The summed E-state index contributed by atoms with van der Waals surface area (Å²) in [6.45, 7) is 0. The van der Waals surface area contributed by atoms with E-state index in [1.807, 2.05) is 0 Å². The zero-order chi connectivity index (χ0) is 18.4. The molecule has 0 atom stereocenters. The first-order valence-corrected chi connectivity index (χ1v) is 7.79. The van der Waals surface area contributed by atoms with Gasteiger partial charge in [0.1, 0.15) is 5.82 Å². The largest absolute Gasteiger partial charge is 0.366 e. The normalized spacial score (nSPS) is 13.2. The number of halogens is 2. The molecular formula is C18H8ClFN2O4. The molecule has 0 bridgehead atoms. The summed E-state index contributed by atoms with van der Waals surface area (Å²) in [5, 5.41) is 0.374. The quantitative estimate of drug-likeness (QED) is 0.646. The molecule has 3 aromatic rings. The van der Waals surface area contributed by atoms with E-state index in [-0.39, 0.29) is 27.1 Å². The second kappa shape index (κ2) is 5.89. The first-order chi connectivity index (χ1) is 12.5. The van der Waals surface area contributed by atoms with Crippen molar-refractivity contribution in [3.8, 4) is 0 Å². The molecule has 2 aromatic carbocycles. The molecule has 1 aliphatic heterocycles. The van der Waals surface area contributed by atoms with Crippen LogP contribution in [0, 0.1) is 5.82 Å². The summed E-state index contributed by atoms with van der Waals surface area (Å²) in [7, 11) is 0. The fourth-order valence-electron chi connectivity index (χ4n) is 2.71. The Morgan fingerprint density at radius 1 is 1.08 bits per heavy atom. The monoisotopic (exact) mass is 370 g/mol. The molecule has 0 unspecified atom stereocenters. The number of imide groups is 1. The molecule has 4 rings (SSSR count). The zero-order valence-corrected chi connectivity index (χ0v) is 13.7. The van der Waals surface area contributed by atoms with Gasteiger partial charge in [-0.05, 0) is 30.3 Å². The van der Waals surface area contributed by atoms with E-state index >= 15 is 0 Å². The summed E-state index contributed by atoms with van der Waals surface area (Å²) in [5.41, 5.74) is -0.117. The molecule has 2 heterocycles. The molecule has 1 aliphatic rings. The third-order valence-corrected chi connectivity index (χ3v) is 4.22. The minimum Gasteiger partial charge on any atom is -0.324 e. The molecule has 0 radical (unpaired) electrons. The number of fused-ring (bicyclic) bond motifs is 2. The maximum absolute atomic E-state index is 14.6. The van der Waals surface area contributed by atoms with Crippen LogP contribution in [0.1, 0.15) is 31.1 Å². The topological polar surface area (TPSA) is 76.6 Å². The van der Waals surface area contributed by atoms with Crippen LogP contribution < -0.4 is 0 Å². The van der Waals surface area contributed by atoms with E-state index in [0.717, 1.165) is 6.07 Å². The van der Waals surface area contributed by atoms with Gasteiger partial charge in [0.2, 0.25) is 0 Å². The van der Waals surface area contributed by atoms with Crippen LogP contribution in [0.4, 0.5) is 4.39 Å². The van der Waals surface area contributed by atoms with Crippen molar-refractivity contribution in [2.75, 3.05) is 0 Å². The molecule has 0 saturated heterocycles. The van der Waals surface area contributed by atoms with Crippen molar-refractivity contribution >= 4 is 40.3 Å². The molecule has 8 heteroatoms. The SMILES string of the molecule is O=C(ON1C(=O)c2ccccc2C1=O)c1cc(Cl)c2ncccc2c1F. The van der Waals surface area contributed by atoms with Crippen LogP contribution in [-0.2, 0) is 4.84 Å². The molecule has 0 saturated carbocycles. The van der Waals surface area contributed by atoms with E-state index < -0.39 is 29.2 Å². The van der Waals surface area contributed by atoms with Gasteiger partial charge in [0.15, 0.2) is 0 Å². The second-order valence-corrected chi connectivity index (χ2v) is 5.86. The third-order valence-electron chi connectivity index (χ3n) is 3.93. The molecule has 0 fully saturated rings. The Bertz CT molecular complexity index is 1080. The summed E-state index contributed by atoms with van der Waals surface area (Å²) in [5.74, 6) is -3.72. The van der Waals surface area contributed by atoms with Crippen LogP contribution in [0.15, 0.2) is 48.7 Å². The van der Waals surface area contributed by atoms with Crippen molar-refractivity contribution in [2.24, 2.45) is 0 Å². The van der Waals surface area contributed by atoms with Crippen molar-refractivity contribution in [3.63, 3.8) is 0 Å². The maximum atomic E-state index is 14.6. The Hall–Kier alpha value is -3.32. The van der Waals surface area contributed by atoms with Crippen molar-refractivity contribution in [2.45, 2.75) is 0 Å². The summed E-state index contributed by atoms with van der Waals surface area (Å²) < 4.78 is 14.6. The molecule has 0 spiro atoms. The lowest BCUT2D eigenvalue weighted by Crippen LogP contribution is -2.33. The number of aromatic nitrogens is 1. The van der Waals surface area contributed by atoms with Crippen LogP contribution in [-0.4, -0.2) is 27.8 Å². The average molecular weight is 371 g/mol. The number of hydroxylamine groups is 2. The predicted molar refractivity (Wildman–Crippen MR) is 89.1 cm³/mol. The molecular weight excluding hydrogens is 363 g/mol. The highest BCUT2D eigenvalue weighted by atomic mass is 35.5. The molecule has 128 valence electrons. The molecule has 1 aromatic heterocycles. The van der Waals surface area contributed by atoms with Gasteiger partial charge in [-0.2, -0.15) is 0 Å². The van der Waals surface area contributed by atoms with Crippen LogP contribution in [0.25, 0.3) is 10.9 Å². The lowest BCUT2D eigenvalue weighted by atomic mass is 10.1. The van der Waals surface area contributed by atoms with E-state index in [9.17, 15) is 18.8 Å². The minimum absolute atomic E-state index is 0.0225. The van der Waals surface area contributed by atoms with Gasteiger partial charge in [0.25, 0.3) is 11.8 Å². The number of hydrogen-bond donors (Lipinski definition) is 0. The van der Waals surface area contributed by atoms with Crippen LogP contribution in [0.5, 0.6) is 0 Å². The molecule has 2 amide bonds. The highest BCUT2D eigenvalue weighted by Gasteiger charge is 2.39. The van der Waals surface area contributed by atoms with Gasteiger partial charge < -0.3 is 4.84 Å².